The van der Waals surface area contributed by atoms with E-state index in [1.54, 1.807) is 20.4 Å². The molecule has 1 aliphatic rings. The van der Waals surface area contributed by atoms with Gasteiger partial charge >= 0.3 is 0 Å². The SMILES string of the molecule is CN=C(NCc1ccc(N2CCCC2=O)cc1)NCc1cccnc1OC.I. The van der Waals surface area contributed by atoms with Crippen molar-refractivity contribution in [3.63, 3.8) is 0 Å². The number of aliphatic imine (C=N–C) groups is 1. The van der Waals surface area contributed by atoms with Crippen LogP contribution in [0.1, 0.15) is 24.0 Å². The Hall–Kier alpha value is -2.36. The molecule has 0 atom stereocenters. The molecule has 1 amide bonds. The zero-order valence-corrected chi connectivity index (χ0v) is 18.5. The van der Waals surface area contributed by atoms with Crippen LogP contribution in [0.2, 0.25) is 0 Å². The number of rotatable bonds is 6. The second kappa shape index (κ2) is 10.8. The Morgan fingerprint density at radius 3 is 2.61 bits per heavy atom. The summed E-state index contributed by atoms with van der Waals surface area (Å²) >= 11 is 0. The van der Waals surface area contributed by atoms with Crippen molar-refractivity contribution in [3.05, 3.63) is 53.7 Å². The fraction of sp³-hybridized carbons (Fsp3) is 0.350. The van der Waals surface area contributed by atoms with Crippen molar-refractivity contribution < 1.29 is 9.53 Å². The van der Waals surface area contributed by atoms with E-state index in [-0.39, 0.29) is 29.9 Å². The van der Waals surface area contributed by atoms with E-state index in [4.69, 9.17) is 4.74 Å². The van der Waals surface area contributed by atoms with Gasteiger partial charge < -0.3 is 20.3 Å². The van der Waals surface area contributed by atoms with Crippen LogP contribution in [0.4, 0.5) is 5.69 Å². The molecule has 0 radical (unpaired) electrons. The molecule has 1 saturated heterocycles. The second-order valence-electron chi connectivity index (χ2n) is 6.27. The van der Waals surface area contributed by atoms with Gasteiger partial charge in [0.15, 0.2) is 5.96 Å². The summed E-state index contributed by atoms with van der Waals surface area (Å²) < 4.78 is 5.26. The summed E-state index contributed by atoms with van der Waals surface area (Å²) in [6, 6.07) is 11.9. The molecular weight excluding hydrogens is 469 g/mol. The normalized spacial score (nSPS) is 13.9. The minimum absolute atomic E-state index is 0. The summed E-state index contributed by atoms with van der Waals surface area (Å²) in [6.45, 7) is 2.01. The fourth-order valence-corrected chi connectivity index (χ4v) is 3.04. The molecule has 3 rings (SSSR count). The molecule has 1 aromatic carbocycles. The number of carbonyl (C=O) groups is 1. The van der Waals surface area contributed by atoms with Gasteiger partial charge in [-0.1, -0.05) is 18.2 Å². The largest absolute Gasteiger partial charge is 0.481 e. The van der Waals surface area contributed by atoms with Crippen molar-refractivity contribution in [2.45, 2.75) is 25.9 Å². The minimum atomic E-state index is 0. The number of amides is 1. The molecule has 0 bridgehead atoms. The number of pyridine rings is 1. The number of guanidine groups is 1. The van der Waals surface area contributed by atoms with E-state index in [1.807, 2.05) is 41.3 Å². The standard InChI is InChI=1S/C20H25N5O2.HI/c1-21-20(24-14-16-5-3-11-22-19(16)27-2)23-13-15-7-9-17(10-8-15)25-12-4-6-18(25)26;/h3,5,7-11H,4,6,12-14H2,1-2H3,(H2,21,23,24);1H. The van der Waals surface area contributed by atoms with E-state index >= 15 is 0 Å². The lowest BCUT2D eigenvalue weighted by atomic mass is 10.2. The number of nitrogens with zero attached hydrogens (tertiary/aromatic N) is 3. The number of hydrogen-bond donors (Lipinski definition) is 2. The van der Waals surface area contributed by atoms with Crippen molar-refractivity contribution in [2.75, 3.05) is 25.6 Å². The highest BCUT2D eigenvalue weighted by atomic mass is 127. The van der Waals surface area contributed by atoms with Crippen LogP contribution < -0.4 is 20.3 Å². The predicted octanol–water partition coefficient (Wildman–Crippen LogP) is 2.70. The van der Waals surface area contributed by atoms with Gasteiger partial charge in [0, 0.05) is 50.6 Å². The monoisotopic (exact) mass is 495 g/mol. The third-order valence-electron chi connectivity index (χ3n) is 4.49. The predicted molar refractivity (Wildman–Crippen MR) is 121 cm³/mol. The van der Waals surface area contributed by atoms with Gasteiger partial charge in [-0.2, -0.15) is 0 Å². The van der Waals surface area contributed by atoms with E-state index in [0.29, 0.717) is 31.3 Å². The van der Waals surface area contributed by atoms with Crippen molar-refractivity contribution in [1.29, 1.82) is 0 Å². The molecule has 8 heteroatoms. The number of hydrogen-bond acceptors (Lipinski definition) is 4. The Bertz CT molecular complexity index is 810. The van der Waals surface area contributed by atoms with Crippen molar-refractivity contribution in [1.82, 2.24) is 15.6 Å². The van der Waals surface area contributed by atoms with Gasteiger partial charge in [-0.15, -0.1) is 24.0 Å². The number of ether oxygens (including phenoxy) is 1. The number of carbonyl (C=O) groups excluding carboxylic acids is 1. The van der Waals surface area contributed by atoms with Gasteiger partial charge in [0.25, 0.3) is 0 Å². The minimum Gasteiger partial charge on any atom is -0.481 e. The van der Waals surface area contributed by atoms with Gasteiger partial charge in [-0.25, -0.2) is 4.98 Å². The molecule has 7 nitrogen and oxygen atoms in total. The Labute approximate surface area is 182 Å². The first-order chi connectivity index (χ1) is 13.2. The van der Waals surface area contributed by atoms with Crippen LogP contribution in [0.25, 0.3) is 0 Å². The lowest BCUT2D eigenvalue weighted by Gasteiger charge is -2.16. The van der Waals surface area contributed by atoms with Crippen LogP contribution >= 0.6 is 24.0 Å². The third-order valence-corrected chi connectivity index (χ3v) is 4.49. The quantitative estimate of drug-likeness (QED) is 0.366. The maximum absolute atomic E-state index is 11.8. The average Bonchev–Trinajstić information content (AvgIpc) is 3.14. The molecule has 0 saturated carbocycles. The van der Waals surface area contributed by atoms with Crippen molar-refractivity contribution in [2.24, 2.45) is 4.99 Å². The summed E-state index contributed by atoms with van der Waals surface area (Å²) in [5, 5.41) is 6.55. The maximum atomic E-state index is 11.8. The Morgan fingerprint density at radius 2 is 1.96 bits per heavy atom. The molecular formula is C20H26IN5O2. The van der Waals surface area contributed by atoms with Crippen molar-refractivity contribution >= 4 is 41.5 Å². The molecule has 0 aliphatic carbocycles. The highest BCUT2D eigenvalue weighted by molar-refractivity contribution is 14.0. The molecule has 1 fully saturated rings. The van der Waals surface area contributed by atoms with Crippen molar-refractivity contribution in [3.8, 4) is 5.88 Å². The number of halogens is 1. The first-order valence-electron chi connectivity index (χ1n) is 9.03. The van der Waals surface area contributed by atoms with Gasteiger partial charge in [-0.05, 0) is 30.2 Å². The van der Waals surface area contributed by atoms with E-state index in [0.717, 1.165) is 29.8 Å². The van der Waals surface area contributed by atoms with Crippen LogP contribution in [-0.2, 0) is 17.9 Å². The molecule has 150 valence electrons. The molecule has 0 spiro atoms. The zero-order chi connectivity index (χ0) is 19.1. The Kier molecular flexibility index (Phi) is 8.49. The van der Waals surface area contributed by atoms with Gasteiger partial charge in [0.1, 0.15) is 0 Å². The third kappa shape index (κ3) is 5.57. The average molecular weight is 495 g/mol. The van der Waals surface area contributed by atoms with E-state index in [9.17, 15) is 4.79 Å². The highest BCUT2D eigenvalue weighted by Crippen LogP contribution is 2.21. The first kappa shape index (κ1) is 21.9. The second-order valence-corrected chi connectivity index (χ2v) is 6.27. The fourth-order valence-electron chi connectivity index (χ4n) is 3.04. The van der Waals surface area contributed by atoms with Gasteiger partial charge in [0.2, 0.25) is 11.8 Å². The molecule has 28 heavy (non-hydrogen) atoms. The number of methoxy groups -OCH3 is 1. The summed E-state index contributed by atoms with van der Waals surface area (Å²) in [4.78, 5) is 22.1. The Morgan fingerprint density at radius 1 is 1.21 bits per heavy atom. The number of anilines is 1. The first-order valence-corrected chi connectivity index (χ1v) is 9.03. The summed E-state index contributed by atoms with van der Waals surface area (Å²) in [5.74, 6) is 1.50. The maximum Gasteiger partial charge on any atom is 0.227 e. The van der Waals surface area contributed by atoms with Gasteiger partial charge in [-0.3, -0.25) is 9.79 Å². The van der Waals surface area contributed by atoms with Crippen LogP contribution in [0.3, 0.4) is 0 Å². The number of benzene rings is 1. The van der Waals surface area contributed by atoms with Crippen LogP contribution in [0.15, 0.2) is 47.6 Å². The lowest BCUT2D eigenvalue weighted by Crippen LogP contribution is -2.36. The van der Waals surface area contributed by atoms with Crippen LogP contribution in [-0.4, -0.2) is 37.6 Å². The van der Waals surface area contributed by atoms with Crippen LogP contribution in [0, 0.1) is 0 Å². The number of aromatic nitrogens is 1. The summed E-state index contributed by atoms with van der Waals surface area (Å²) in [6.07, 6.45) is 3.29. The molecule has 2 aromatic rings. The summed E-state index contributed by atoms with van der Waals surface area (Å²) in [7, 11) is 3.34. The van der Waals surface area contributed by atoms with Gasteiger partial charge in [0.05, 0.1) is 7.11 Å². The zero-order valence-electron chi connectivity index (χ0n) is 16.1. The topological polar surface area (TPSA) is 78.9 Å². The van der Waals surface area contributed by atoms with E-state index in [2.05, 4.69) is 20.6 Å². The highest BCUT2D eigenvalue weighted by Gasteiger charge is 2.21. The number of nitrogens with one attached hydrogen (secondary N) is 2. The molecule has 2 N–H and O–H groups in total. The molecule has 1 aliphatic heterocycles. The molecule has 2 heterocycles. The Balaban J connectivity index is 0.00000280. The summed E-state index contributed by atoms with van der Waals surface area (Å²) in [5.41, 5.74) is 3.04. The molecule has 0 unspecified atom stereocenters. The smallest absolute Gasteiger partial charge is 0.227 e. The van der Waals surface area contributed by atoms with E-state index < -0.39 is 0 Å². The molecule has 1 aromatic heterocycles. The van der Waals surface area contributed by atoms with E-state index in [1.165, 1.54) is 0 Å². The van der Waals surface area contributed by atoms with Crippen LogP contribution in [0.5, 0.6) is 5.88 Å². The lowest BCUT2D eigenvalue weighted by molar-refractivity contribution is -0.117.